The summed E-state index contributed by atoms with van der Waals surface area (Å²) >= 11 is 3.75. The van der Waals surface area contributed by atoms with E-state index in [1.807, 2.05) is 0 Å². The van der Waals surface area contributed by atoms with Crippen molar-refractivity contribution in [2.45, 2.75) is 12.5 Å². The van der Waals surface area contributed by atoms with Crippen LogP contribution >= 0.6 is 12.6 Å². The first-order valence-corrected chi connectivity index (χ1v) is 6.49. The van der Waals surface area contributed by atoms with Gasteiger partial charge >= 0.3 is 8.80 Å². The Morgan fingerprint density at radius 3 is 1.53 bits per heavy atom. The molecule has 0 radical (unpaired) electrons. The molecule has 0 bridgehead atoms. The second kappa shape index (κ2) is 6.69. The van der Waals surface area contributed by atoms with Crippen LogP contribution in [-0.4, -0.2) is 29.8 Å². The second-order valence-electron chi connectivity index (χ2n) is 2.45. The average Bonchev–Trinajstić information content (AvgIpc) is 2.11. The summed E-state index contributed by atoms with van der Waals surface area (Å²) in [4.78, 5) is 30.4. The summed E-state index contributed by atoms with van der Waals surface area (Å²) in [5.41, 5.74) is 0. The zero-order valence-corrected chi connectivity index (χ0v) is 9.98. The van der Waals surface area contributed by atoms with Crippen LogP contribution in [-0.2, 0) is 13.6 Å². The second-order valence-corrected chi connectivity index (χ2v) is 5.32. The van der Waals surface area contributed by atoms with Gasteiger partial charge in [-0.3, -0.25) is 0 Å². The molecule has 0 saturated heterocycles. The molecule has 12 nitrogen and oxygen atoms in total. The van der Waals surface area contributed by atoms with E-state index in [0.29, 0.717) is 0 Å². The molecule has 14 heteroatoms. The van der Waals surface area contributed by atoms with Crippen molar-refractivity contribution in [2.24, 2.45) is 0 Å². The summed E-state index contributed by atoms with van der Waals surface area (Å²) in [6.07, 6.45) is 0.0465. The van der Waals surface area contributed by atoms with Crippen LogP contribution in [0.3, 0.4) is 0 Å². The van der Waals surface area contributed by atoms with Gasteiger partial charge in [-0.25, -0.2) is 0 Å². The van der Waals surface area contributed by atoms with E-state index in [2.05, 4.69) is 26.2 Å². The van der Waals surface area contributed by atoms with Crippen LogP contribution < -0.4 is 0 Å². The van der Waals surface area contributed by atoms with Gasteiger partial charge in [-0.15, -0.1) is 30.3 Å². The Hall–Kier alpha value is -1.83. The molecule has 0 aromatic rings. The van der Waals surface area contributed by atoms with Crippen molar-refractivity contribution in [1.29, 1.82) is 0 Å². The van der Waals surface area contributed by atoms with E-state index in [4.69, 9.17) is 0 Å². The van der Waals surface area contributed by atoms with Crippen molar-refractivity contribution < 1.29 is 28.8 Å². The van der Waals surface area contributed by atoms with E-state index in [-0.39, 0.29) is 12.2 Å². The van der Waals surface area contributed by atoms with E-state index < -0.39 is 30.1 Å². The van der Waals surface area contributed by atoms with Crippen LogP contribution in [0, 0.1) is 30.3 Å². The summed E-state index contributed by atoms with van der Waals surface area (Å²) < 4.78 is 11.6. The zero-order chi connectivity index (χ0) is 13.5. The molecule has 0 fully saturated rings. The first kappa shape index (κ1) is 15.2. The minimum absolute atomic E-state index is 0.0465. The Kier molecular flexibility index (Phi) is 5.96. The minimum Gasteiger partial charge on any atom is -0.301 e. The van der Waals surface area contributed by atoms with Gasteiger partial charge < -0.3 is 13.6 Å². The molecule has 0 spiro atoms. The van der Waals surface area contributed by atoms with Gasteiger partial charge in [0, 0.05) is 6.04 Å². The average molecular weight is 289 g/mol. The Morgan fingerprint density at radius 1 is 0.941 bits per heavy atom. The Balaban J connectivity index is 4.95. The Morgan fingerprint density at radius 2 is 1.29 bits per heavy atom. The topological polar surface area (TPSA) is 157 Å². The third-order valence-electron chi connectivity index (χ3n) is 1.28. The zero-order valence-electron chi connectivity index (χ0n) is 8.08. The molecule has 98 valence electrons. The third-order valence-corrected chi connectivity index (χ3v) is 3.85. The van der Waals surface area contributed by atoms with Crippen molar-refractivity contribution in [3.8, 4) is 0 Å². The fourth-order valence-electron chi connectivity index (χ4n) is 0.823. The van der Waals surface area contributed by atoms with Gasteiger partial charge in [0.25, 0.3) is 15.3 Å². The number of rotatable bonds is 9. The Bertz CT molecular complexity index is 271. The van der Waals surface area contributed by atoms with Gasteiger partial charge in [0.1, 0.15) is 0 Å². The molecule has 17 heavy (non-hydrogen) atoms. The lowest BCUT2D eigenvalue weighted by molar-refractivity contribution is -0.807. The summed E-state index contributed by atoms with van der Waals surface area (Å²) in [5, 5.41) is 26.1. The monoisotopic (exact) mass is 289 g/mol. The lowest BCUT2D eigenvalue weighted by Crippen LogP contribution is -2.50. The lowest BCUT2D eigenvalue weighted by Gasteiger charge is -2.21. The predicted molar refractivity (Wildman–Crippen MR) is 53.3 cm³/mol. The van der Waals surface area contributed by atoms with Crippen molar-refractivity contribution in [2.75, 3.05) is 5.75 Å². The van der Waals surface area contributed by atoms with E-state index in [0.717, 1.165) is 0 Å². The maximum atomic E-state index is 10.1. The van der Waals surface area contributed by atoms with Crippen molar-refractivity contribution in [3.05, 3.63) is 30.3 Å². The Labute approximate surface area is 99.5 Å². The van der Waals surface area contributed by atoms with Crippen LogP contribution in [0.5, 0.6) is 0 Å². The largest absolute Gasteiger partial charge is 0.621 e. The minimum atomic E-state index is -4.65. The quantitative estimate of drug-likeness (QED) is 0.264. The van der Waals surface area contributed by atoms with Crippen molar-refractivity contribution in [3.63, 3.8) is 0 Å². The van der Waals surface area contributed by atoms with Gasteiger partial charge in [0.2, 0.25) is 0 Å². The van der Waals surface area contributed by atoms with E-state index >= 15 is 0 Å². The van der Waals surface area contributed by atoms with Crippen LogP contribution in [0.2, 0.25) is 6.04 Å². The first-order valence-electron chi connectivity index (χ1n) is 3.93. The van der Waals surface area contributed by atoms with Crippen molar-refractivity contribution >= 4 is 21.4 Å². The van der Waals surface area contributed by atoms with Crippen LogP contribution in [0.15, 0.2) is 0 Å². The molecule has 0 amide bonds. The molecule has 0 aliphatic heterocycles. The molecule has 0 N–H and O–H groups in total. The molecular weight excluding hydrogens is 282 g/mol. The predicted octanol–water partition coefficient (Wildman–Crippen LogP) is -0.130. The maximum Gasteiger partial charge on any atom is 0.621 e. The lowest BCUT2D eigenvalue weighted by atomic mass is 10.6. The molecule has 0 aromatic heterocycles. The van der Waals surface area contributed by atoms with Gasteiger partial charge in [0.05, 0.1) is 0 Å². The highest BCUT2D eigenvalue weighted by Gasteiger charge is 2.50. The summed E-state index contributed by atoms with van der Waals surface area (Å²) in [6.45, 7) is 0. The van der Waals surface area contributed by atoms with Gasteiger partial charge in [-0.1, -0.05) is 0 Å². The molecule has 0 aromatic carbocycles. The molecule has 0 aliphatic carbocycles. The SMILES string of the molecule is O=[N+]([O-])O[Si](CCCS)(O[N+](=O)[O-])O[N+](=O)[O-]. The summed E-state index contributed by atoms with van der Waals surface area (Å²) in [6, 6.07) is -0.487. The van der Waals surface area contributed by atoms with Gasteiger partial charge in [-0.2, -0.15) is 12.6 Å². The van der Waals surface area contributed by atoms with Crippen molar-refractivity contribution in [1.82, 2.24) is 0 Å². The molecule has 0 atom stereocenters. The molecular formula is C3H7N3O9SSi. The van der Waals surface area contributed by atoms with Crippen LogP contribution in [0.4, 0.5) is 0 Å². The van der Waals surface area contributed by atoms with E-state index in [9.17, 15) is 30.3 Å². The number of hydrogen-bond donors (Lipinski definition) is 1. The smallest absolute Gasteiger partial charge is 0.301 e. The van der Waals surface area contributed by atoms with Gasteiger partial charge in [-0.05, 0) is 12.2 Å². The van der Waals surface area contributed by atoms with Crippen LogP contribution in [0.25, 0.3) is 0 Å². The molecule has 0 saturated carbocycles. The normalized spacial score (nSPS) is 10.4. The summed E-state index contributed by atoms with van der Waals surface area (Å²) in [5.74, 6) is 0.165. The fraction of sp³-hybridized carbons (Fsp3) is 1.00. The van der Waals surface area contributed by atoms with E-state index in [1.54, 1.807) is 0 Å². The number of nitrogens with zero attached hydrogens (tertiary/aromatic N) is 3. The molecule has 0 rings (SSSR count). The highest BCUT2D eigenvalue weighted by molar-refractivity contribution is 7.80. The first-order chi connectivity index (χ1) is 7.81. The molecule has 0 unspecified atom stereocenters. The third kappa shape index (κ3) is 6.35. The summed E-state index contributed by atoms with van der Waals surface area (Å²) in [7, 11) is -4.65. The molecule has 0 heterocycles. The maximum absolute atomic E-state index is 10.1. The van der Waals surface area contributed by atoms with Gasteiger partial charge in [0.15, 0.2) is 0 Å². The number of thiol groups is 1. The number of hydrogen-bond acceptors (Lipinski definition) is 10. The molecule has 0 aliphatic rings. The highest BCUT2D eigenvalue weighted by Crippen LogP contribution is 2.18. The van der Waals surface area contributed by atoms with Crippen LogP contribution in [0.1, 0.15) is 6.42 Å². The van der Waals surface area contributed by atoms with E-state index in [1.165, 1.54) is 0 Å². The standard InChI is InChI=1S/C3H7N3O9SSi/c7-4(8)13-17(3-1-2-16,14-5(9)10)15-6(11)12/h16H,1-3H2. The highest BCUT2D eigenvalue weighted by atomic mass is 32.1. The fourth-order valence-corrected chi connectivity index (χ4v) is 2.94.